The quantitative estimate of drug-likeness (QED) is 0.0541. The lowest BCUT2D eigenvalue weighted by molar-refractivity contribution is 0.0234. The summed E-state index contributed by atoms with van der Waals surface area (Å²) in [4.78, 5) is 40.3. The molecule has 6 aromatic carbocycles. The molecule has 0 bridgehead atoms. The zero-order valence-electron chi connectivity index (χ0n) is 42.5. The van der Waals surface area contributed by atoms with E-state index < -0.39 is 11.2 Å². The number of aryl methyl sites for hydroxylation is 2. The number of nitrogens with one attached hydrogen (secondary N) is 2. The minimum Gasteiger partial charge on any atom is -0.493 e. The highest BCUT2D eigenvalue weighted by molar-refractivity contribution is 6.00. The Kier molecular flexibility index (Phi) is 13.6. The van der Waals surface area contributed by atoms with Crippen molar-refractivity contribution in [3.63, 3.8) is 0 Å². The van der Waals surface area contributed by atoms with Crippen LogP contribution in [0.5, 0.6) is 11.5 Å². The summed E-state index contributed by atoms with van der Waals surface area (Å²) in [6, 6.07) is 44.8. The second kappa shape index (κ2) is 20.3. The molecule has 10 heteroatoms. The van der Waals surface area contributed by atoms with Crippen molar-refractivity contribution in [2.75, 3.05) is 49.2 Å². The molecule has 2 aliphatic rings. The maximum absolute atomic E-state index is 14.1. The molecule has 0 saturated heterocycles. The van der Waals surface area contributed by atoms with E-state index >= 15 is 0 Å². The topological polar surface area (TPSA) is 109 Å². The largest absolute Gasteiger partial charge is 0.493 e. The molecule has 0 radical (unpaired) electrons. The molecule has 10 nitrogen and oxygen atoms in total. The third kappa shape index (κ3) is 8.05. The minimum atomic E-state index is -1.27. The van der Waals surface area contributed by atoms with Crippen LogP contribution in [-0.4, -0.2) is 61.3 Å². The molecular formula is C62H66N4O6. The second-order valence-corrected chi connectivity index (χ2v) is 18.9. The van der Waals surface area contributed by atoms with Crippen molar-refractivity contribution in [3.8, 4) is 11.5 Å². The van der Waals surface area contributed by atoms with Gasteiger partial charge in [0.2, 0.25) is 0 Å². The molecule has 2 N–H and O–H groups in total. The first kappa shape index (κ1) is 48.2. The van der Waals surface area contributed by atoms with E-state index in [4.69, 9.17) is 18.9 Å². The number of unbranched alkanes of at least 4 members (excludes halogenated alkanes) is 1. The summed E-state index contributed by atoms with van der Waals surface area (Å²) >= 11 is 0. The number of rotatable bonds is 21. The van der Waals surface area contributed by atoms with Crippen molar-refractivity contribution >= 4 is 45.1 Å². The molecule has 2 aromatic heterocycles. The van der Waals surface area contributed by atoms with Crippen LogP contribution in [0.1, 0.15) is 133 Å². The number of ether oxygens (including phenoxy) is 4. The number of aromatic nitrogens is 2. The highest BCUT2D eigenvalue weighted by Crippen LogP contribution is 2.55. The van der Waals surface area contributed by atoms with E-state index in [-0.39, 0.29) is 11.9 Å². The first-order chi connectivity index (χ1) is 35.3. The highest BCUT2D eigenvalue weighted by Gasteiger charge is 2.54. The Balaban J connectivity index is 1.01. The van der Waals surface area contributed by atoms with Gasteiger partial charge in [-0.1, -0.05) is 99.5 Å². The van der Waals surface area contributed by atoms with E-state index in [9.17, 15) is 9.59 Å². The number of H-pyrrole nitrogens is 2. The average Bonchev–Trinajstić information content (AvgIpc) is 4.14. The molecule has 0 saturated carbocycles. The maximum Gasteiger partial charge on any atom is 0.340 e. The minimum absolute atomic E-state index is 0.359. The number of aromatic amines is 2. The number of carbonyl (C=O) groups is 2. The van der Waals surface area contributed by atoms with Crippen molar-refractivity contribution in [1.29, 1.82) is 0 Å². The second-order valence-electron chi connectivity index (χ2n) is 18.9. The maximum atomic E-state index is 14.1. The molecule has 0 fully saturated rings. The predicted octanol–water partition coefficient (Wildman–Crippen LogP) is 13.4. The van der Waals surface area contributed by atoms with E-state index in [1.54, 1.807) is 0 Å². The van der Waals surface area contributed by atoms with E-state index in [2.05, 4.69) is 122 Å². The Morgan fingerprint density at radius 2 is 0.861 bits per heavy atom. The first-order valence-electron chi connectivity index (χ1n) is 26.2. The van der Waals surface area contributed by atoms with E-state index in [1.165, 1.54) is 0 Å². The van der Waals surface area contributed by atoms with Crippen molar-refractivity contribution < 1.29 is 28.5 Å². The smallest absolute Gasteiger partial charge is 0.340 e. The molecule has 2 atom stereocenters. The van der Waals surface area contributed by atoms with Crippen LogP contribution in [0, 0.1) is 0 Å². The van der Waals surface area contributed by atoms with Gasteiger partial charge in [0, 0.05) is 116 Å². The Morgan fingerprint density at radius 3 is 1.26 bits per heavy atom. The van der Waals surface area contributed by atoms with Crippen molar-refractivity contribution in [1.82, 2.24) is 9.97 Å². The summed E-state index contributed by atoms with van der Waals surface area (Å²) in [6.45, 7) is 17.0. The number of carbonyl (C=O) groups excluding carboxylic acids is 2. The Morgan fingerprint density at radius 1 is 0.472 bits per heavy atom. The number of hydrogen-bond acceptors (Lipinski definition) is 8. The summed E-state index contributed by atoms with van der Waals surface area (Å²) in [7, 11) is 0. The van der Waals surface area contributed by atoms with Gasteiger partial charge in [-0.25, -0.2) is 9.59 Å². The van der Waals surface area contributed by atoms with E-state index in [1.807, 2.05) is 72.8 Å². The van der Waals surface area contributed by atoms with Crippen molar-refractivity contribution in [2.45, 2.75) is 91.3 Å². The van der Waals surface area contributed by atoms with Crippen LogP contribution >= 0.6 is 0 Å². The third-order valence-corrected chi connectivity index (χ3v) is 14.8. The van der Waals surface area contributed by atoms with Crippen LogP contribution in [0.25, 0.3) is 21.8 Å². The van der Waals surface area contributed by atoms with Gasteiger partial charge in [0.05, 0.1) is 24.3 Å². The molecule has 10 rings (SSSR count). The molecule has 0 spiro atoms. The fourth-order valence-electron chi connectivity index (χ4n) is 11.5. The van der Waals surface area contributed by atoms with Crippen LogP contribution in [0.4, 0.5) is 11.4 Å². The van der Waals surface area contributed by atoms with Crippen LogP contribution in [0.2, 0.25) is 0 Å². The molecule has 0 aliphatic carbocycles. The predicted molar refractivity (Wildman–Crippen MR) is 288 cm³/mol. The van der Waals surface area contributed by atoms with Gasteiger partial charge in [-0.2, -0.15) is 0 Å². The van der Waals surface area contributed by atoms with Gasteiger partial charge in [-0.05, 0) is 102 Å². The van der Waals surface area contributed by atoms with E-state index in [0.29, 0.717) is 48.7 Å². The van der Waals surface area contributed by atoms with Gasteiger partial charge >= 0.3 is 11.9 Å². The molecule has 8 aromatic rings. The van der Waals surface area contributed by atoms with Crippen LogP contribution in [0.3, 0.4) is 0 Å². The lowest BCUT2D eigenvalue weighted by Crippen LogP contribution is -2.32. The lowest BCUT2D eigenvalue weighted by atomic mass is 9.77. The van der Waals surface area contributed by atoms with Gasteiger partial charge in [0.1, 0.15) is 11.5 Å². The van der Waals surface area contributed by atoms with Gasteiger partial charge < -0.3 is 38.7 Å². The fourth-order valence-corrected chi connectivity index (χ4v) is 11.5. The molecule has 2 aliphatic heterocycles. The number of hydrogen-bond donors (Lipinski definition) is 2. The molecule has 72 heavy (non-hydrogen) atoms. The zero-order chi connectivity index (χ0) is 50.0. The molecule has 2 unspecified atom stereocenters. The van der Waals surface area contributed by atoms with Gasteiger partial charge in [-0.15, -0.1) is 0 Å². The Bertz CT molecular complexity index is 3050. The lowest BCUT2D eigenvalue weighted by Gasteiger charge is -2.33. The van der Waals surface area contributed by atoms with Crippen LogP contribution in [-0.2, 0) is 33.5 Å². The van der Waals surface area contributed by atoms with Crippen LogP contribution in [0.15, 0.2) is 133 Å². The van der Waals surface area contributed by atoms with Gasteiger partial charge in [0.15, 0.2) is 11.2 Å². The number of fused-ring (bicyclic) bond motifs is 4. The van der Waals surface area contributed by atoms with Gasteiger partial charge in [0.25, 0.3) is 0 Å². The molecule has 4 heterocycles. The first-order valence-corrected chi connectivity index (χ1v) is 26.2. The number of anilines is 2. The fraction of sp³-hybridized carbons (Fsp3) is 0.323. The Labute approximate surface area is 423 Å². The summed E-state index contributed by atoms with van der Waals surface area (Å²) in [6.07, 6.45) is 4.70. The number of benzene rings is 6. The molecule has 0 amide bonds. The monoisotopic (exact) mass is 962 g/mol. The Hall–Kier alpha value is -7.46. The van der Waals surface area contributed by atoms with Crippen molar-refractivity contribution in [3.05, 3.63) is 189 Å². The average molecular weight is 963 g/mol. The zero-order valence-corrected chi connectivity index (χ0v) is 42.5. The molecular weight excluding hydrogens is 897 g/mol. The highest BCUT2D eigenvalue weighted by atomic mass is 16.6. The van der Waals surface area contributed by atoms with Crippen LogP contribution < -0.4 is 19.3 Å². The summed E-state index contributed by atoms with van der Waals surface area (Å²) < 4.78 is 27.6. The van der Waals surface area contributed by atoms with E-state index in [0.717, 1.165) is 130 Å². The summed E-state index contributed by atoms with van der Waals surface area (Å²) in [5.41, 5.74) is 9.72. The number of cyclic esters (lactones) is 2. The molecule has 370 valence electrons. The number of para-hydroxylation sites is 2. The number of esters is 2. The summed E-state index contributed by atoms with van der Waals surface area (Å²) in [5.74, 6) is 0.610. The summed E-state index contributed by atoms with van der Waals surface area (Å²) in [5, 5.41) is 2.02. The SMILES string of the molecule is CCCc1[nH]c2ccccc2c1C1(c2ccc(N(CC)CC)cc2OCCCCOc2cc(N(CC)CC)ccc2C2(c3c(CCC)[nH]c4ccccc34)OC(=O)c3ccccc32)OC(=O)c2ccccc21. The van der Waals surface area contributed by atoms with Crippen molar-refractivity contribution in [2.24, 2.45) is 0 Å². The normalized spacial score (nSPS) is 17.0. The number of nitrogens with zero attached hydrogens (tertiary/aromatic N) is 2. The van der Waals surface area contributed by atoms with Gasteiger partial charge in [-0.3, -0.25) is 0 Å². The standard InChI is InChI=1S/C62H66N4O6/c1-7-23-53-57(45-27-15-19-31-51(45)63-53)61(47-29-17-13-25-43(47)59(67)71-61)49-35-33-41(65(9-3)10-4)39-55(49)69-37-21-22-38-70-56-40-42(66(11-5)12-6)34-36-50(56)62(48-30-18-14-26-44(48)60(68)72-62)58-46-28-16-20-32-52(46)64-54(58)24-8-2/h13-20,25-36,39-40,63-64H,7-12,21-24,37-38H2,1-6H3. The third-order valence-electron chi connectivity index (χ3n) is 14.8.